The number of nitrogens with two attached hydrogens (primary N) is 1. The van der Waals surface area contributed by atoms with Gasteiger partial charge < -0.3 is 16.0 Å². The van der Waals surface area contributed by atoms with Gasteiger partial charge in [-0.1, -0.05) is 6.07 Å². The lowest BCUT2D eigenvalue weighted by molar-refractivity contribution is 0.0732. The summed E-state index contributed by atoms with van der Waals surface area (Å²) in [7, 11) is 0. The van der Waals surface area contributed by atoms with Gasteiger partial charge in [-0.05, 0) is 37.1 Å². The van der Waals surface area contributed by atoms with Crippen molar-refractivity contribution < 1.29 is 4.79 Å². The third kappa shape index (κ3) is 3.36. The summed E-state index contributed by atoms with van der Waals surface area (Å²) in [6.07, 6.45) is 5.11. The monoisotopic (exact) mass is 366 g/mol. The first-order valence-corrected chi connectivity index (χ1v) is 9.24. The summed E-state index contributed by atoms with van der Waals surface area (Å²) in [6.45, 7) is 0.708. The first-order chi connectivity index (χ1) is 12.7. The Bertz CT molecular complexity index is 896. The minimum Gasteiger partial charge on any atom is -0.384 e. The zero-order chi connectivity index (χ0) is 17.9. The molecule has 0 aliphatic carbocycles. The number of nitrogen functional groups attached to an aromatic ring is 1. The highest BCUT2D eigenvalue weighted by Gasteiger charge is 2.31. The molecule has 4 heterocycles. The molecule has 1 aliphatic rings. The number of hydrogen-bond acceptors (Lipinski definition) is 7. The van der Waals surface area contributed by atoms with Crippen molar-refractivity contribution >= 4 is 34.0 Å². The van der Waals surface area contributed by atoms with Gasteiger partial charge in [0.1, 0.15) is 11.6 Å². The highest BCUT2D eigenvalue weighted by Crippen LogP contribution is 2.33. The summed E-state index contributed by atoms with van der Waals surface area (Å²) >= 11 is 1.52. The van der Waals surface area contributed by atoms with E-state index in [1.165, 1.54) is 17.5 Å². The van der Waals surface area contributed by atoms with E-state index in [9.17, 15) is 4.79 Å². The molecule has 0 saturated carbocycles. The summed E-state index contributed by atoms with van der Waals surface area (Å²) in [4.78, 5) is 27.7. The predicted molar refractivity (Wildman–Crippen MR) is 101 cm³/mol. The number of nitrogens with zero attached hydrogens (tertiary/aromatic N) is 4. The Morgan fingerprint density at radius 2 is 2.19 bits per heavy atom. The zero-order valence-electron chi connectivity index (χ0n) is 14.0. The largest absolute Gasteiger partial charge is 0.384 e. The Labute approximate surface area is 154 Å². The lowest BCUT2D eigenvalue weighted by atomic mass is 10.1. The van der Waals surface area contributed by atoms with E-state index in [-0.39, 0.29) is 11.9 Å². The van der Waals surface area contributed by atoms with Gasteiger partial charge in [0, 0.05) is 24.3 Å². The molecule has 7 nitrogen and oxygen atoms in total. The number of amides is 1. The highest BCUT2D eigenvalue weighted by atomic mass is 32.1. The van der Waals surface area contributed by atoms with Crippen molar-refractivity contribution in [1.29, 1.82) is 0 Å². The number of anilines is 3. The first-order valence-electron chi connectivity index (χ1n) is 8.37. The van der Waals surface area contributed by atoms with Crippen LogP contribution in [0.1, 0.15) is 34.9 Å². The smallest absolute Gasteiger partial charge is 0.255 e. The van der Waals surface area contributed by atoms with E-state index < -0.39 is 0 Å². The van der Waals surface area contributed by atoms with Gasteiger partial charge in [-0.15, -0.1) is 11.3 Å². The fourth-order valence-electron chi connectivity index (χ4n) is 3.12. The van der Waals surface area contributed by atoms with Crippen LogP contribution in [0.3, 0.4) is 0 Å². The van der Waals surface area contributed by atoms with Crippen LogP contribution in [0.25, 0.3) is 0 Å². The molecule has 8 heteroatoms. The van der Waals surface area contributed by atoms with Crippen molar-refractivity contribution in [3.05, 3.63) is 59.4 Å². The van der Waals surface area contributed by atoms with Crippen molar-refractivity contribution in [2.24, 2.45) is 0 Å². The number of pyridine rings is 2. The van der Waals surface area contributed by atoms with Crippen molar-refractivity contribution in [2.75, 3.05) is 17.6 Å². The molecule has 1 amide bonds. The number of aromatic nitrogens is 3. The predicted octanol–water partition coefficient (Wildman–Crippen LogP) is 3.24. The summed E-state index contributed by atoms with van der Waals surface area (Å²) in [5, 5.41) is 5.90. The average Bonchev–Trinajstić information content (AvgIpc) is 3.34. The lowest BCUT2D eigenvalue weighted by Crippen LogP contribution is -2.31. The molecule has 1 aliphatic heterocycles. The van der Waals surface area contributed by atoms with E-state index in [4.69, 9.17) is 10.7 Å². The topological polar surface area (TPSA) is 97.0 Å². The van der Waals surface area contributed by atoms with Gasteiger partial charge in [-0.2, -0.15) is 0 Å². The molecule has 3 aromatic rings. The number of rotatable bonds is 4. The Kier molecular flexibility index (Phi) is 4.49. The van der Waals surface area contributed by atoms with Gasteiger partial charge in [0.05, 0.1) is 17.3 Å². The van der Waals surface area contributed by atoms with E-state index in [1.54, 1.807) is 18.3 Å². The third-order valence-corrected chi connectivity index (χ3v) is 5.01. The molecule has 1 fully saturated rings. The van der Waals surface area contributed by atoms with E-state index >= 15 is 0 Å². The Morgan fingerprint density at radius 1 is 1.27 bits per heavy atom. The first kappa shape index (κ1) is 16.5. The van der Waals surface area contributed by atoms with E-state index in [1.807, 2.05) is 28.5 Å². The van der Waals surface area contributed by atoms with Crippen LogP contribution in [0, 0.1) is 0 Å². The number of carbonyl (C=O) groups excluding carboxylic acids is 1. The van der Waals surface area contributed by atoms with Crippen LogP contribution in [0.2, 0.25) is 0 Å². The molecule has 3 N–H and O–H groups in total. The zero-order valence-corrected chi connectivity index (χ0v) is 14.8. The van der Waals surface area contributed by atoms with Crippen LogP contribution in [0.4, 0.5) is 16.8 Å². The molecule has 3 aromatic heterocycles. The second-order valence-electron chi connectivity index (χ2n) is 6.04. The van der Waals surface area contributed by atoms with Crippen LogP contribution >= 0.6 is 11.3 Å². The van der Waals surface area contributed by atoms with Gasteiger partial charge in [0.25, 0.3) is 5.91 Å². The molecule has 0 radical (unpaired) electrons. The van der Waals surface area contributed by atoms with Gasteiger partial charge in [-0.25, -0.2) is 15.0 Å². The summed E-state index contributed by atoms with van der Waals surface area (Å²) in [6, 6.07) is 9.13. The Balaban J connectivity index is 1.56. The Hall–Kier alpha value is -3.00. The van der Waals surface area contributed by atoms with Crippen LogP contribution in [0.5, 0.6) is 0 Å². The highest BCUT2D eigenvalue weighted by molar-refractivity contribution is 7.13. The maximum absolute atomic E-state index is 12.9. The maximum atomic E-state index is 12.9. The molecule has 0 unspecified atom stereocenters. The molecule has 132 valence electrons. The second-order valence-corrected chi connectivity index (χ2v) is 6.93. The quantitative estimate of drug-likeness (QED) is 0.736. The van der Waals surface area contributed by atoms with Crippen LogP contribution in [-0.2, 0) is 0 Å². The lowest BCUT2D eigenvalue weighted by Gasteiger charge is -2.24. The fourth-order valence-corrected chi connectivity index (χ4v) is 3.65. The van der Waals surface area contributed by atoms with Crippen LogP contribution < -0.4 is 11.1 Å². The number of hydrogen-bond donors (Lipinski definition) is 2. The van der Waals surface area contributed by atoms with E-state index in [0.29, 0.717) is 17.9 Å². The van der Waals surface area contributed by atoms with Gasteiger partial charge >= 0.3 is 0 Å². The molecule has 4 rings (SSSR count). The number of carbonyl (C=O) groups is 1. The van der Waals surface area contributed by atoms with Crippen molar-refractivity contribution in [3.8, 4) is 0 Å². The minimum absolute atomic E-state index is 0.0416. The number of likely N-dealkylation sites (tertiary alicyclic amines) is 1. The van der Waals surface area contributed by atoms with E-state index in [0.717, 1.165) is 29.5 Å². The molecule has 0 spiro atoms. The molecule has 26 heavy (non-hydrogen) atoms. The molecular formula is C18H18N6OS. The van der Waals surface area contributed by atoms with Crippen LogP contribution in [0.15, 0.2) is 48.1 Å². The molecule has 1 atom stereocenters. The molecule has 1 saturated heterocycles. The maximum Gasteiger partial charge on any atom is 0.255 e. The Morgan fingerprint density at radius 3 is 2.96 bits per heavy atom. The van der Waals surface area contributed by atoms with Gasteiger partial charge in [0.2, 0.25) is 0 Å². The third-order valence-electron chi connectivity index (χ3n) is 4.33. The molecular weight excluding hydrogens is 348 g/mol. The van der Waals surface area contributed by atoms with Gasteiger partial charge in [0.15, 0.2) is 5.13 Å². The second kappa shape index (κ2) is 7.09. The van der Waals surface area contributed by atoms with Crippen molar-refractivity contribution in [2.45, 2.75) is 18.9 Å². The normalized spacial score (nSPS) is 16.6. The van der Waals surface area contributed by atoms with Crippen LogP contribution in [-0.4, -0.2) is 32.3 Å². The standard InChI is InChI=1S/C18H18N6OS/c19-15-7-6-12(11-21-15)17(25)24-9-2-4-14(24)13-3-1-5-16(22-13)23-18-20-8-10-26-18/h1,3,5-8,10-11,14H,2,4,9H2,(H2,19,21)(H,20,22,23)/t14-/m1/s1. The molecule has 0 bridgehead atoms. The number of thiazole rings is 1. The molecule has 0 aromatic carbocycles. The van der Waals surface area contributed by atoms with Gasteiger partial charge in [-0.3, -0.25) is 4.79 Å². The fraction of sp³-hybridized carbons (Fsp3) is 0.222. The van der Waals surface area contributed by atoms with Crippen molar-refractivity contribution in [1.82, 2.24) is 19.9 Å². The SMILES string of the molecule is Nc1ccc(C(=O)N2CCC[C@@H]2c2cccc(Nc3nccs3)n2)cn1. The summed E-state index contributed by atoms with van der Waals surface area (Å²) in [5.41, 5.74) is 7.03. The summed E-state index contributed by atoms with van der Waals surface area (Å²) in [5.74, 6) is 1.09. The minimum atomic E-state index is -0.0434. The number of nitrogens with one attached hydrogen (secondary N) is 1. The van der Waals surface area contributed by atoms with E-state index in [2.05, 4.69) is 15.3 Å². The average molecular weight is 366 g/mol. The van der Waals surface area contributed by atoms with Crippen molar-refractivity contribution in [3.63, 3.8) is 0 Å². The summed E-state index contributed by atoms with van der Waals surface area (Å²) < 4.78 is 0.